The van der Waals surface area contributed by atoms with Gasteiger partial charge in [-0.25, -0.2) is 8.42 Å². The van der Waals surface area contributed by atoms with E-state index in [0.717, 1.165) is 10.0 Å². The number of hydrogen-bond donors (Lipinski definition) is 0. The molecule has 0 aliphatic carbocycles. The number of benzene rings is 2. The zero-order valence-electron chi connectivity index (χ0n) is 15.5. The average Bonchev–Trinajstić information content (AvgIpc) is 2.63. The van der Waals surface area contributed by atoms with E-state index in [0.29, 0.717) is 37.5 Å². The number of piperazine rings is 1. The standard InChI is InChI=1S/C20H25BrN2O2S/c1-4-17-14-18(21)8-9-20(17)26(24,25)23-12-10-22(11-13-23)19-7-5-6-15(2)16(19)3/h5-9,14H,4,10-13H2,1-3H3. The van der Waals surface area contributed by atoms with E-state index in [4.69, 9.17) is 0 Å². The second-order valence-electron chi connectivity index (χ2n) is 6.72. The van der Waals surface area contributed by atoms with Gasteiger partial charge in [-0.3, -0.25) is 0 Å². The molecule has 0 atom stereocenters. The first-order chi connectivity index (χ1) is 12.3. The van der Waals surface area contributed by atoms with Crippen LogP contribution in [0.1, 0.15) is 23.6 Å². The lowest BCUT2D eigenvalue weighted by Crippen LogP contribution is -2.49. The van der Waals surface area contributed by atoms with Crippen molar-refractivity contribution < 1.29 is 8.42 Å². The predicted octanol–water partition coefficient (Wildman–Crippen LogP) is 4.14. The van der Waals surface area contributed by atoms with Crippen molar-refractivity contribution in [3.63, 3.8) is 0 Å². The molecule has 1 heterocycles. The second kappa shape index (κ2) is 7.71. The fourth-order valence-corrected chi connectivity index (χ4v) is 5.57. The lowest BCUT2D eigenvalue weighted by Gasteiger charge is -2.36. The van der Waals surface area contributed by atoms with E-state index in [1.807, 2.05) is 13.0 Å². The monoisotopic (exact) mass is 436 g/mol. The molecule has 1 aliphatic heterocycles. The molecular formula is C20H25BrN2O2S. The zero-order valence-corrected chi connectivity index (χ0v) is 17.9. The van der Waals surface area contributed by atoms with Gasteiger partial charge in [-0.1, -0.05) is 35.0 Å². The van der Waals surface area contributed by atoms with Gasteiger partial charge in [-0.2, -0.15) is 4.31 Å². The normalized spacial score (nSPS) is 16.1. The molecule has 2 aromatic rings. The van der Waals surface area contributed by atoms with Crippen molar-refractivity contribution in [1.29, 1.82) is 0 Å². The van der Waals surface area contributed by atoms with Crippen LogP contribution in [-0.4, -0.2) is 38.9 Å². The summed E-state index contributed by atoms with van der Waals surface area (Å²) < 4.78 is 28.8. The van der Waals surface area contributed by atoms with Crippen molar-refractivity contribution >= 4 is 31.6 Å². The lowest BCUT2D eigenvalue weighted by molar-refractivity contribution is 0.384. The second-order valence-corrected chi connectivity index (χ2v) is 9.54. The Morgan fingerprint density at radius 2 is 1.73 bits per heavy atom. The third-order valence-corrected chi connectivity index (χ3v) is 7.67. The molecular weight excluding hydrogens is 412 g/mol. The van der Waals surface area contributed by atoms with Gasteiger partial charge in [0.2, 0.25) is 10.0 Å². The van der Waals surface area contributed by atoms with Gasteiger partial charge in [0, 0.05) is 36.3 Å². The van der Waals surface area contributed by atoms with Gasteiger partial charge >= 0.3 is 0 Å². The number of halogens is 1. The largest absolute Gasteiger partial charge is 0.369 e. The van der Waals surface area contributed by atoms with Gasteiger partial charge < -0.3 is 4.90 Å². The number of rotatable bonds is 4. The molecule has 1 saturated heterocycles. The molecule has 140 valence electrons. The van der Waals surface area contributed by atoms with E-state index in [2.05, 4.69) is 52.9 Å². The van der Waals surface area contributed by atoms with E-state index in [9.17, 15) is 8.42 Å². The summed E-state index contributed by atoms with van der Waals surface area (Å²) in [6, 6.07) is 11.7. The maximum absolute atomic E-state index is 13.1. The molecule has 4 nitrogen and oxygen atoms in total. The highest BCUT2D eigenvalue weighted by Crippen LogP contribution is 2.28. The summed E-state index contributed by atoms with van der Waals surface area (Å²) in [5, 5.41) is 0. The van der Waals surface area contributed by atoms with Gasteiger partial charge in [0.15, 0.2) is 0 Å². The fraction of sp³-hybridized carbons (Fsp3) is 0.400. The number of aryl methyl sites for hydroxylation is 2. The smallest absolute Gasteiger partial charge is 0.243 e. The predicted molar refractivity (Wildman–Crippen MR) is 110 cm³/mol. The van der Waals surface area contributed by atoms with Crippen LogP contribution >= 0.6 is 15.9 Å². The maximum Gasteiger partial charge on any atom is 0.243 e. The molecule has 26 heavy (non-hydrogen) atoms. The first kappa shape index (κ1) is 19.4. The van der Waals surface area contributed by atoms with E-state index in [1.54, 1.807) is 16.4 Å². The Kier molecular flexibility index (Phi) is 5.75. The Hall–Kier alpha value is -1.37. The first-order valence-electron chi connectivity index (χ1n) is 8.94. The summed E-state index contributed by atoms with van der Waals surface area (Å²) in [6.45, 7) is 8.66. The molecule has 0 amide bonds. The Balaban J connectivity index is 1.80. The summed E-state index contributed by atoms with van der Waals surface area (Å²) in [7, 11) is -3.46. The van der Waals surface area contributed by atoms with Crippen LogP contribution in [0.25, 0.3) is 0 Å². The van der Waals surface area contributed by atoms with Crippen LogP contribution in [0.4, 0.5) is 5.69 Å². The van der Waals surface area contributed by atoms with Crippen LogP contribution in [0.15, 0.2) is 45.8 Å². The zero-order chi connectivity index (χ0) is 18.9. The van der Waals surface area contributed by atoms with Gasteiger partial charge in [0.25, 0.3) is 0 Å². The van der Waals surface area contributed by atoms with Crippen LogP contribution in [0.5, 0.6) is 0 Å². The van der Waals surface area contributed by atoms with Gasteiger partial charge in [0.05, 0.1) is 4.90 Å². The van der Waals surface area contributed by atoms with Crippen LogP contribution in [-0.2, 0) is 16.4 Å². The van der Waals surface area contributed by atoms with E-state index in [1.165, 1.54) is 16.8 Å². The molecule has 0 spiro atoms. The molecule has 3 rings (SSSR count). The Morgan fingerprint density at radius 3 is 2.38 bits per heavy atom. The topological polar surface area (TPSA) is 40.6 Å². The van der Waals surface area contributed by atoms with Crippen molar-refractivity contribution in [2.45, 2.75) is 32.1 Å². The highest BCUT2D eigenvalue weighted by atomic mass is 79.9. The SMILES string of the molecule is CCc1cc(Br)ccc1S(=O)(=O)N1CCN(c2cccc(C)c2C)CC1. The minimum absolute atomic E-state index is 0.434. The van der Waals surface area contributed by atoms with Gasteiger partial charge in [-0.15, -0.1) is 0 Å². The lowest BCUT2D eigenvalue weighted by atomic mass is 10.1. The maximum atomic E-state index is 13.1. The third-order valence-electron chi connectivity index (χ3n) is 5.18. The van der Waals surface area contributed by atoms with E-state index < -0.39 is 10.0 Å². The summed E-state index contributed by atoms with van der Waals surface area (Å²) in [5.74, 6) is 0. The minimum Gasteiger partial charge on any atom is -0.369 e. The minimum atomic E-state index is -3.46. The molecule has 1 aliphatic rings. The highest BCUT2D eigenvalue weighted by Gasteiger charge is 2.30. The van der Waals surface area contributed by atoms with Crippen molar-refractivity contribution in [3.05, 3.63) is 57.6 Å². The molecule has 0 saturated carbocycles. The summed E-state index contributed by atoms with van der Waals surface area (Å²) >= 11 is 3.43. The number of hydrogen-bond acceptors (Lipinski definition) is 3. The molecule has 0 unspecified atom stereocenters. The van der Waals surface area contributed by atoms with Crippen LogP contribution in [0.3, 0.4) is 0 Å². The molecule has 0 aromatic heterocycles. The van der Waals surface area contributed by atoms with Crippen molar-refractivity contribution in [3.8, 4) is 0 Å². The molecule has 0 bridgehead atoms. The van der Waals surface area contributed by atoms with Gasteiger partial charge in [-0.05, 0) is 61.2 Å². The summed E-state index contributed by atoms with van der Waals surface area (Å²) in [6.07, 6.45) is 0.691. The Morgan fingerprint density at radius 1 is 1.04 bits per heavy atom. The number of nitrogens with zero attached hydrogens (tertiary/aromatic N) is 2. The summed E-state index contributed by atoms with van der Waals surface area (Å²) in [5.41, 5.74) is 4.60. The highest BCUT2D eigenvalue weighted by molar-refractivity contribution is 9.10. The van der Waals surface area contributed by atoms with Crippen LogP contribution in [0.2, 0.25) is 0 Å². The molecule has 2 aromatic carbocycles. The molecule has 6 heteroatoms. The summed E-state index contributed by atoms with van der Waals surface area (Å²) in [4.78, 5) is 2.72. The molecule has 0 radical (unpaired) electrons. The molecule has 0 N–H and O–H groups in total. The van der Waals surface area contributed by atoms with Crippen molar-refractivity contribution in [2.75, 3.05) is 31.1 Å². The van der Waals surface area contributed by atoms with Crippen molar-refractivity contribution in [2.24, 2.45) is 0 Å². The number of sulfonamides is 1. The van der Waals surface area contributed by atoms with Crippen molar-refractivity contribution in [1.82, 2.24) is 4.31 Å². The third kappa shape index (κ3) is 3.68. The average molecular weight is 437 g/mol. The number of anilines is 1. The Labute approximate surface area is 165 Å². The first-order valence-corrected chi connectivity index (χ1v) is 11.2. The quantitative estimate of drug-likeness (QED) is 0.722. The van der Waals surface area contributed by atoms with E-state index >= 15 is 0 Å². The van der Waals surface area contributed by atoms with Gasteiger partial charge in [0.1, 0.15) is 0 Å². The Bertz CT molecular complexity index is 904. The van der Waals surface area contributed by atoms with Crippen LogP contribution in [0, 0.1) is 13.8 Å². The fourth-order valence-electron chi connectivity index (χ4n) is 3.46. The van der Waals surface area contributed by atoms with E-state index in [-0.39, 0.29) is 0 Å². The van der Waals surface area contributed by atoms with Crippen LogP contribution < -0.4 is 4.90 Å². The molecule has 1 fully saturated rings.